The highest BCUT2D eigenvalue weighted by atomic mass is 16.7. The van der Waals surface area contributed by atoms with Crippen molar-refractivity contribution in [1.29, 1.82) is 0 Å². The summed E-state index contributed by atoms with van der Waals surface area (Å²) in [6, 6.07) is 19.4. The molecule has 0 saturated heterocycles. The maximum Gasteiger partial charge on any atom is 0.254 e. The Morgan fingerprint density at radius 3 is 2.45 bits per heavy atom. The fourth-order valence-electron chi connectivity index (χ4n) is 9.16. The van der Waals surface area contributed by atoms with Gasteiger partial charge >= 0.3 is 0 Å². The third-order valence-corrected chi connectivity index (χ3v) is 11.4. The number of allylic oxidation sites excluding steroid dienone is 1. The van der Waals surface area contributed by atoms with Crippen LogP contribution in [0.1, 0.15) is 87.1 Å². The number of carbonyl (C=O) groups is 1. The number of ether oxygens (including phenoxy) is 3. The van der Waals surface area contributed by atoms with Gasteiger partial charge in [0, 0.05) is 43.2 Å². The molecule has 2 N–H and O–H groups in total. The summed E-state index contributed by atoms with van der Waals surface area (Å²) in [6.07, 6.45) is 11.8. The van der Waals surface area contributed by atoms with Crippen LogP contribution in [-0.4, -0.2) is 78.1 Å². The molecule has 0 aromatic heterocycles. The second-order valence-corrected chi connectivity index (χ2v) is 14.9. The Hall–Kier alpha value is -4.44. The minimum absolute atomic E-state index is 0.0984. The largest absolute Gasteiger partial charge is 0.490 e. The van der Waals surface area contributed by atoms with E-state index in [9.17, 15) is 10.2 Å². The van der Waals surface area contributed by atoms with Crippen molar-refractivity contribution in [3.05, 3.63) is 109 Å². The summed E-state index contributed by atoms with van der Waals surface area (Å²) in [5.74, 6) is -0.195. The van der Waals surface area contributed by atoms with E-state index in [1.54, 1.807) is 12.2 Å². The molecule has 294 valence electrons. The van der Waals surface area contributed by atoms with Crippen LogP contribution in [0.25, 0.3) is 10.8 Å². The van der Waals surface area contributed by atoms with Gasteiger partial charge in [-0.1, -0.05) is 80.1 Å². The van der Waals surface area contributed by atoms with E-state index in [4.69, 9.17) is 24.2 Å². The molecule has 0 radical (unpaired) electrons. The third-order valence-electron chi connectivity index (χ3n) is 11.4. The Kier molecular flexibility index (Phi) is 13.9. The van der Waals surface area contributed by atoms with Gasteiger partial charge in [-0.15, -0.1) is 6.58 Å². The second kappa shape index (κ2) is 18.9. The van der Waals surface area contributed by atoms with Crippen molar-refractivity contribution in [1.82, 2.24) is 4.90 Å². The van der Waals surface area contributed by atoms with E-state index in [1.807, 2.05) is 60.4 Å². The van der Waals surface area contributed by atoms with Crippen molar-refractivity contribution in [2.24, 2.45) is 22.9 Å². The molecular weight excluding hydrogens is 693 g/mol. The molecule has 6 rings (SSSR count). The first-order valence-electron chi connectivity index (χ1n) is 20.2. The summed E-state index contributed by atoms with van der Waals surface area (Å²) in [6.45, 7) is 13.6. The van der Waals surface area contributed by atoms with Gasteiger partial charge in [0.15, 0.2) is 0 Å². The molecule has 0 unspecified atom stereocenters. The van der Waals surface area contributed by atoms with Crippen LogP contribution in [0.5, 0.6) is 11.5 Å². The molecule has 9 nitrogen and oxygen atoms in total. The molecule has 3 aromatic rings. The highest BCUT2D eigenvalue weighted by Gasteiger charge is 2.65. The Bertz CT molecular complexity index is 1850. The van der Waals surface area contributed by atoms with Gasteiger partial charge < -0.3 is 34.2 Å². The van der Waals surface area contributed by atoms with E-state index < -0.39 is 11.8 Å². The van der Waals surface area contributed by atoms with Gasteiger partial charge in [-0.2, -0.15) is 0 Å². The van der Waals surface area contributed by atoms with Gasteiger partial charge in [-0.3, -0.25) is 4.79 Å². The molecule has 1 heterocycles. The number of rotatable bonds is 20. The van der Waals surface area contributed by atoms with Crippen molar-refractivity contribution >= 4 is 22.4 Å². The molecule has 0 bridgehead atoms. The van der Waals surface area contributed by atoms with Gasteiger partial charge in [0.25, 0.3) is 5.91 Å². The average molecular weight is 751 g/mol. The number of unbranched alkanes of at least 4 members (excludes halogenated alkanes) is 2. The van der Waals surface area contributed by atoms with Crippen LogP contribution in [0, 0.1) is 17.8 Å². The highest BCUT2D eigenvalue weighted by molar-refractivity contribution is 6.04. The number of fused-ring (bicyclic) bond motifs is 3. The zero-order chi connectivity index (χ0) is 38.8. The number of oxime groups is 1. The summed E-state index contributed by atoms with van der Waals surface area (Å²) in [5.41, 5.74) is 3.43. The molecule has 3 aliphatic rings. The first-order chi connectivity index (χ1) is 26.9. The van der Waals surface area contributed by atoms with Crippen LogP contribution in [-0.2, 0) is 9.57 Å². The lowest BCUT2D eigenvalue weighted by atomic mass is 9.55. The quantitative estimate of drug-likeness (QED) is 0.0676. The normalized spacial score (nSPS) is 24.6. The van der Waals surface area contributed by atoms with Gasteiger partial charge in [-0.25, -0.2) is 0 Å². The maximum absolute atomic E-state index is 15.0. The number of hydrogen-bond donors (Lipinski definition) is 2. The molecule has 6 atom stereocenters. The van der Waals surface area contributed by atoms with Gasteiger partial charge in [0.2, 0.25) is 5.79 Å². The monoisotopic (exact) mass is 750 g/mol. The molecule has 9 heteroatoms. The molecule has 1 fully saturated rings. The van der Waals surface area contributed by atoms with Crippen LogP contribution in [0.3, 0.4) is 0 Å². The SMILES string of the molecule is C=CCOc1ccc2c(c1)[C@H]1[C@H](CCCCO)[C@@H](CCCCO)C=C3C(=NOCC)C[C@H](N(CCC)C(=O)c4ccc5ccccc5c4)[C@@](OCC=C)(O2)[C@H]31. The second-order valence-electron chi connectivity index (χ2n) is 14.9. The Morgan fingerprint density at radius 2 is 1.73 bits per heavy atom. The average Bonchev–Trinajstić information content (AvgIpc) is 3.21. The lowest BCUT2D eigenvalue weighted by molar-refractivity contribution is -0.254. The van der Waals surface area contributed by atoms with E-state index in [-0.39, 0.29) is 49.4 Å². The van der Waals surface area contributed by atoms with Gasteiger partial charge in [0.05, 0.1) is 18.2 Å². The van der Waals surface area contributed by atoms with Crippen molar-refractivity contribution in [2.75, 3.05) is 39.6 Å². The number of benzene rings is 3. The highest BCUT2D eigenvalue weighted by Crippen LogP contribution is 2.62. The zero-order valence-corrected chi connectivity index (χ0v) is 32.5. The fourth-order valence-corrected chi connectivity index (χ4v) is 9.16. The lowest BCUT2D eigenvalue weighted by Gasteiger charge is -2.60. The van der Waals surface area contributed by atoms with E-state index in [0.29, 0.717) is 50.3 Å². The molecule has 55 heavy (non-hydrogen) atoms. The Balaban J connectivity index is 1.59. The summed E-state index contributed by atoms with van der Waals surface area (Å²) in [4.78, 5) is 22.8. The Labute approximate surface area is 326 Å². The number of aliphatic hydroxyl groups excluding tert-OH is 2. The number of carbonyl (C=O) groups excluding carboxylic acids is 1. The van der Waals surface area contributed by atoms with E-state index in [1.165, 1.54) is 0 Å². The smallest absolute Gasteiger partial charge is 0.254 e. The van der Waals surface area contributed by atoms with E-state index in [2.05, 4.69) is 38.3 Å². The van der Waals surface area contributed by atoms with Crippen LogP contribution in [0.4, 0.5) is 0 Å². The molecule has 1 aliphatic heterocycles. The molecule has 3 aromatic carbocycles. The molecule has 0 spiro atoms. The first kappa shape index (κ1) is 40.2. The van der Waals surface area contributed by atoms with E-state index >= 15 is 4.79 Å². The number of aliphatic hydroxyl groups is 2. The zero-order valence-electron chi connectivity index (χ0n) is 32.5. The minimum atomic E-state index is -1.31. The van der Waals surface area contributed by atoms with Crippen LogP contribution >= 0.6 is 0 Å². The third kappa shape index (κ3) is 8.39. The summed E-state index contributed by atoms with van der Waals surface area (Å²) in [7, 11) is 0. The van der Waals surface area contributed by atoms with Gasteiger partial charge in [-0.05, 0) is 97.5 Å². The summed E-state index contributed by atoms with van der Waals surface area (Å²) in [5, 5.41) is 26.6. The van der Waals surface area contributed by atoms with Crippen molar-refractivity contribution in [3.8, 4) is 11.5 Å². The van der Waals surface area contributed by atoms with Gasteiger partial charge in [0.1, 0.15) is 30.8 Å². The van der Waals surface area contributed by atoms with Crippen LogP contribution in [0.15, 0.2) is 103 Å². The summed E-state index contributed by atoms with van der Waals surface area (Å²) >= 11 is 0. The molecule has 1 saturated carbocycles. The molecular formula is C46H58N2O7. The number of hydrogen-bond acceptors (Lipinski definition) is 8. The standard InChI is InChI=1S/C46H58N2O7/c1-5-23-48(45(51)35-20-19-32-15-9-10-16-33(32)28-35)42-31-40(47-54-8-4)38-29-34(17-11-13-24-49)37(18-12-14-25-50)43-39-30-36(52-26-6-2)21-22-41(39)55-46(42,44(38)43)53-27-7-3/h6-7,9-10,15-16,19-22,28-30,34,37,42-44,49-50H,2-3,5,8,11-14,17-18,23-27,31H2,1,4H3/t34-,37+,42-,43+,44+,46+/m0/s1. The first-order valence-corrected chi connectivity index (χ1v) is 20.2. The van der Waals surface area contributed by atoms with Crippen molar-refractivity contribution < 1.29 is 34.1 Å². The Morgan fingerprint density at radius 1 is 0.964 bits per heavy atom. The molecule has 1 amide bonds. The van der Waals surface area contributed by atoms with Crippen LogP contribution < -0.4 is 9.47 Å². The number of nitrogens with zero attached hydrogens (tertiary/aromatic N) is 2. The molecule has 2 aliphatic carbocycles. The van der Waals surface area contributed by atoms with Crippen LogP contribution in [0.2, 0.25) is 0 Å². The van der Waals surface area contributed by atoms with Crippen molar-refractivity contribution in [2.45, 2.75) is 83.0 Å². The van der Waals surface area contributed by atoms with E-state index in [0.717, 1.165) is 65.5 Å². The topological polar surface area (TPSA) is 110 Å². The predicted octanol–water partition coefficient (Wildman–Crippen LogP) is 8.61. The predicted molar refractivity (Wildman–Crippen MR) is 218 cm³/mol. The fraction of sp³-hybridized carbons (Fsp3) is 0.478. The number of amides is 1. The minimum Gasteiger partial charge on any atom is -0.490 e. The maximum atomic E-state index is 15.0. The van der Waals surface area contributed by atoms with Crippen molar-refractivity contribution in [3.63, 3.8) is 0 Å². The lowest BCUT2D eigenvalue weighted by Crippen LogP contribution is -2.70. The summed E-state index contributed by atoms with van der Waals surface area (Å²) < 4.78 is 20.5.